The minimum Gasteiger partial charge on any atom is -0.482 e. The standard InChI is InChI=1S/C30H44O5/c1-3-4-5-12-25(35-30(32)22-9-6-7-10-22)17-16-21-14-15-24-19-27-23(18-26(21)24)11-8-13-28(27)34-20-29(31)33-2/h8,11,13,21-22,24-26H,3-7,9-10,12,14-20H2,1-2H3. The van der Waals surface area contributed by atoms with E-state index in [0.717, 1.165) is 57.1 Å². The van der Waals surface area contributed by atoms with Crippen molar-refractivity contribution in [3.05, 3.63) is 29.3 Å². The van der Waals surface area contributed by atoms with Crippen molar-refractivity contribution < 1.29 is 23.8 Å². The second-order valence-electron chi connectivity index (χ2n) is 11.0. The van der Waals surface area contributed by atoms with Crippen molar-refractivity contribution in [3.8, 4) is 5.75 Å². The summed E-state index contributed by atoms with van der Waals surface area (Å²) in [5.74, 6) is 2.77. The van der Waals surface area contributed by atoms with Crippen LogP contribution in [-0.2, 0) is 31.9 Å². The zero-order valence-corrected chi connectivity index (χ0v) is 21.8. The molecule has 4 rings (SSSR count). The number of unbranched alkanes of at least 4 members (excludes halogenated alkanes) is 2. The van der Waals surface area contributed by atoms with E-state index in [4.69, 9.17) is 14.2 Å². The van der Waals surface area contributed by atoms with Gasteiger partial charge in [-0.15, -0.1) is 0 Å². The lowest BCUT2D eigenvalue weighted by molar-refractivity contribution is -0.154. The van der Waals surface area contributed by atoms with Gasteiger partial charge in [0.15, 0.2) is 6.61 Å². The molecule has 2 saturated carbocycles. The number of fused-ring (bicyclic) bond motifs is 2. The molecule has 0 spiro atoms. The Balaban J connectivity index is 1.34. The maximum Gasteiger partial charge on any atom is 0.343 e. The molecule has 0 aromatic heterocycles. The smallest absolute Gasteiger partial charge is 0.343 e. The fourth-order valence-corrected chi connectivity index (χ4v) is 6.77. The third-order valence-corrected chi connectivity index (χ3v) is 8.80. The average Bonchev–Trinajstić information content (AvgIpc) is 3.55. The normalized spacial score (nSPS) is 24.5. The van der Waals surface area contributed by atoms with Gasteiger partial charge in [-0.05, 0) is 99.2 Å². The van der Waals surface area contributed by atoms with Crippen molar-refractivity contribution in [1.82, 2.24) is 0 Å². The highest BCUT2D eigenvalue weighted by molar-refractivity contribution is 5.73. The summed E-state index contributed by atoms with van der Waals surface area (Å²) >= 11 is 0. The summed E-state index contributed by atoms with van der Waals surface area (Å²) in [6, 6.07) is 6.25. The van der Waals surface area contributed by atoms with Crippen LogP contribution in [0.15, 0.2) is 18.2 Å². The molecule has 35 heavy (non-hydrogen) atoms. The number of hydrogen-bond donors (Lipinski definition) is 0. The molecule has 3 aliphatic carbocycles. The molecule has 0 aliphatic heterocycles. The Bertz CT molecular complexity index is 843. The number of benzene rings is 1. The molecule has 1 aromatic carbocycles. The van der Waals surface area contributed by atoms with Crippen LogP contribution >= 0.6 is 0 Å². The van der Waals surface area contributed by atoms with E-state index in [9.17, 15) is 9.59 Å². The fraction of sp³-hybridized carbons (Fsp3) is 0.733. The van der Waals surface area contributed by atoms with Crippen LogP contribution in [0.4, 0.5) is 0 Å². The third-order valence-electron chi connectivity index (χ3n) is 8.80. The van der Waals surface area contributed by atoms with Crippen molar-refractivity contribution in [3.63, 3.8) is 0 Å². The first-order valence-corrected chi connectivity index (χ1v) is 14.1. The number of esters is 2. The highest BCUT2D eigenvalue weighted by Gasteiger charge is 2.40. The quantitative estimate of drug-likeness (QED) is 0.252. The number of ether oxygens (including phenoxy) is 3. The van der Waals surface area contributed by atoms with Gasteiger partial charge in [0.25, 0.3) is 0 Å². The first-order chi connectivity index (χ1) is 17.1. The molecule has 0 heterocycles. The Morgan fingerprint density at radius 1 is 1.03 bits per heavy atom. The number of carbonyl (C=O) groups is 2. The van der Waals surface area contributed by atoms with Crippen LogP contribution in [0.3, 0.4) is 0 Å². The number of rotatable bonds is 12. The van der Waals surface area contributed by atoms with E-state index in [-0.39, 0.29) is 30.6 Å². The number of methoxy groups -OCH3 is 1. The average molecular weight is 485 g/mol. The summed E-state index contributed by atoms with van der Waals surface area (Å²) < 4.78 is 16.7. The summed E-state index contributed by atoms with van der Waals surface area (Å²) in [5, 5.41) is 0. The van der Waals surface area contributed by atoms with Gasteiger partial charge >= 0.3 is 11.9 Å². The van der Waals surface area contributed by atoms with E-state index < -0.39 is 0 Å². The molecule has 4 atom stereocenters. The molecule has 1 aromatic rings. The summed E-state index contributed by atoms with van der Waals surface area (Å²) in [5.41, 5.74) is 2.65. The number of carbonyl (C=O) groups excluding carboxylic acids is 2. The molecular formula is C30H44O5. The van der Waals surface area contributed by atoms with Crippen LogP contribution in [0.25, 0.3) is 0 Å². The lowest BCUT2D eigenvalue weighted by Crippen LogP contribution is -2.27. The molecule has 0 bridgehead atoms. The van der Waals surface area contributed by atoms with Gasteiger partial charge in [0, 0.05) is 0 Å². The Labute approximate surface area is 211 Å². The van der Waals surface area contributed by atoms with Gasteiger partial charge in [-0.3, -0.25) is 4.79 Å². The highest BCUT2D eigenvalue weighted by atomic mass is 16.6. The van der Waals surface area contributed by atoms with Crippen LogP contribution < -0.4 is 4.74 Å². The van der Waals surface area contributed by atoms with E-state index in [1.807, 2.05) is 12.1 Å². The highest BCUT2D eigenvalue weighted by Crippen LogP contribution is 2.48. The van der Waals surface area contributed by atoms with E-state index in [0.29, 0.717) is 17.8 Å². The SMILES string of the molecule is CCCCCC(CCC1CCC2Cc3c(cccc3OCC(=O)OC)CC12)OC(=O)C1CCCC1. The zero-order chi connectivity index (χ0) is 24.6. The van der Waals surface area contributed by atoms with E-state index in [1.54, 1.807) is 0 Å². The van der Waals surface area contributed by atoms with Crippen molar-refractivity contribution in [2.45, 2.75) is 103 Å². The number of hydrogen-bond acceptors (Lipinski definition) is 5. The maximum absolute atomic E-state index is 12.7. The van der Waals surface area contributed by atoms with Crippen molar-refractivity contribution >= 4 is 11.9 Å². The van der Waals surface area contributed by atoms with Crippen LogP contribution in [0.5, 0.6) is 5.75 Å². The summed E-state index contributed by atoms with van der Waals surface area (Å²) in [4.78, 5) is 24.3. The molecular weight excluding hydrogens is 440 g/mol. The van der Waals surface area contributed by atoms with Gasteiger partial charge in [0.1, 0.15) is 11.9 Å². The molecule has 3 aliphatic rings. The molecule has 2 fully saturated rings. The van der Waals surface area contributed by atoms with Crippen LogP contribution in [0.2, 0.25) is 0 Å². The molecule has 0 amide bonds. The predicted molar refractivity (Wildman–Crippen MR) is 136 cm³/mol. The molecule has 4 unspecified atom stereocenters. The monoisotopic (exact) mass is 484 g/mol. The van der Waals surface area contributed by atoms with Crippen molar-refractivity contribution in [2.75, 3.05) is 13.7 Å². The largest absolute Gasteiger partial charge is 0.482 e. The third kappa shape index (κ3) is 6.80. The Morgan fingerprint density at radius 3 is 2.63 bits per heavy atom. The Hall–Kier alpha value is -2.04. The second kappa shape index (κ2) is 12.8. The summed E-state index contributed by atoms with van der Waals surface area (Å²) in [7, 11) is 1.39. The molecule has 0 radical (unpaired) electrons. The van der Waals surface area contributed by atoms with Gasteiger partial charge in [0.2, 0.25) is 0 Å². The lowest BCUT2D eigenvalue weighted by Gasteiger charge is -2.33. The Kier molecular flexibility index (Phi) is 9.51. The van der Waals surface area contributed by atoms with Gasteiger partial charge in [0.05, 0.1) is 13.0 Å². The zero-order valence-electron chi connectivity index (χ0n) is 21.8. The van der Waals surface area contributed by atoms with Gasteiger partial charge in [-0.2, -0.15) is 0 Å². The second-order valence-corrected chi connectivity index (χ2v) is 11.0. The fourth-order valence-electron chi connectivity index (χ4n) is 6.77. The topological polar surface area (TPSA) is 61.8 Å². The van der Waals surface area contributed by atoms with Crippen LogP contribution in [0, 0.1) is 23.7 Å². The molecule has 0 saturated heterocycles. The lowest BCUT2D eigenvalue weighted by atomic mass is 9.73. The minimum atomic E-state index is -0.348. The van der Waals surface area contributed by atoms with E-state index >= 15 is 0 Å². The maximum atomic E-state index is 12.7. The van der Waals surface area contributed by atoms with Gasteiger partial charge in [-0.1, -0.05) is 44.7 Å². The molecule has 5 nitrogen and oxygen atoms in total. The van der Waals surface area contributed by atoms with Crippen molar-refractivity contribution in [2.24, 2.45) is 23.7 Å². The molecule has 5 heteroatoms. The Morgan fingerprint density at radius 2 is 1.86 bits per heavy atom. The minimum absolute atomic E-state index is 0.0390. The van der Waals surface area contributed by atoms with E-state index in [1.165, 1.54) is 56.8 Å². The van der Waals surface area contributed by atoms with Crippen molar-refractivity contribution in [1.29, 1.82) is 0 Å². The summed E-state index contributed by atoms with van der Waals surface area (Å²) in [6.45, 7) is 2.19. The first kappa shape index (κ1) is 26.0. The van der Waals surface area contributed by atoms with E-state index in [2.05, 4.69) is 13.0 Å². The molecule has 0 N–H and O–H groups in total. The molecule has 194 valence electrons. The summed E-state index contributed by atoms with van der Waals surface area (Å²) in [6.07, 6.45) is 15.8. The van der Waals surface area contributed by atoms with Gasteiger partial charge < -0.3 is 14.2 Å². The predicted octanol–water partition coefficient (Wildman–Crippen LogP) is 6.44. The first-order valence-electron chi connectivity index (χ1n) is 14.1. The van der Waals surface area contributed by atoms with Crippen LogP contribution in [0.1, 0.15) is 95.1 Å². The van der Waals surface area contributed by atoms with Crippen LogP contribution in [-0.4, -0.2) is 31.8 Å². The van der Waals surface area contributed by atoms with Gasteiger partial charge in [-0.25, -0.2) is 4.79 Å².